The lowest BCUT2D eigenvalue weighted by molar-refractivity contribution is 0.243. The molecule has 0 atom stereocenters. The highest BCUT2D eigenvalue weighted by Crippen LogP contribution is 2.32. The fourth-order valence-corrected chi connectivity index (χ4v) is 5.04. The first kappa shape index (κ1) is 17.2. The Morgan fingerprint density at radius 3 is 2.29 bits per heavy atom. The molecule has 2 rings (SSSR count). The van der Waals surface area contributed by atoms with E-state index in [9.17, 15) is 8.42 Å². The zero-order valence-electron chi connectivity index (χ0n) is 13.7. The minimum Gasteiger partial charge on any atom is -0.317 e. The molecule has 0 amide bonds. The van der Waals surface area contributed by atoms with Gasteiger partial charge in [-0.1, -0.05) is 20.8 Å². The zero-order valence-corrected chi connectivity index (χ0v) is 14.5. The molecule has 0 radical (unpaired) electrons. The van der Waals surface area contributed by atoms with Crippen LogP contribution in [0.5, 0.6) is 0 Å². The highest BCUT2D eigenvalue weighted by Gasteiger charge is 2.41. The van der Waals surface area contributed by atoms with Gasteiger partial charge in [0.05, 0.1) is 0 Å². The van der Waals surface area contributed by atoms with E-state index < -0.39 is 10.2 Å². The molecule has 0 spiro atoms. The summed E-state index contributed by atoms with van der Waals surface area (Å²) in [6.45, 7) is 10.3. The molecule has 5 nitrogen and oxygen atoms in total. The molecule has 6 heteroatoms. The second kappa shape index (κ2) is 7.40. The van der Waals surface area contributed by atoms with Crippen LogP contribution in [0.2, 0.25) is 0 Å². The van der Waals surface area contributed by atoms with Crippen molar-refractivity contribution in [1.82, 2.24) is 13.9 Å². The Labute approximate surface area is 130 Å². The van der Waals surface area contributed by atoms with E-state index in [1.165, 1.54) is 0 Å². The molecule has 0 aromatic heterocycles. The minimum atomic E-state index is -3.25. The second-order valence-corrected chi connectivity index (χ2v) is 8.73. The van der Waals surface area contributed by atoms with Gasteiger partial charge in [-0.3, -0.25) is 0 Å². The highest BCUT2D eigenvalue weighted by atomic mass is 32.2. The van der Waals surface area contributed by atoms with E-state index >= 15 is 0 Å². The molecule has 0 aromatic rings. The van der Waals surface area contributed by atoms with E-state index in [0.29, 0.717) is 31.5 Å². The summed E-state index contributed by atoms with van der Waals surface area (Å²) in [5.74, 6) is 1.00. The van der Waals surface area contributed by atoms with Crippen molar-refractivity contribution in [1.29, 1.82) is 0 Å². The van der Waals surface area contributed by atoms with Gasteiger partial charge >= 0.3 is 0 Å². The average molecular weight is 317 g/mol. The molecular formula is C15H31N3O2S. The quantitative estimate of drug-likeness (QED) is 0.741. The van der Waals surface area contributed by atoms with E-state index in [4.69, 9.17) is 0 Å². The molecular weight excluding hydrogens is 286 g/mol. The molecule has 1 N–H and O–H groups in total. The van der Waals surface area contributed by atoms with Crippen LogP contribution in [-0.2, 0) is 10.2 Å². The lowest BCUT2D eigenvalue weighted by Gasteiger charge is -2.35. The van der Waals surface area contributed by atoms with Crippen molar-refractivity contribution in [2.24, 2.45) is 11.8 Å². The molecule has 21 heavy (non-hydrogen) atoms. The Kier molecular flexibility index (Phi) is 6.05. The number of hydrogen-bond donors (Lipinski definition) is 1. The van der Waals surface area contributed by atoms with E-state index in [1.807, 2.05) is 0 Å². The summed E-state index contributed by atoms with van der Waals surface area (Å²) in [5.41, 5.74) is 0. The maximum Gasteiger partial charge on any atom is 0.282 e. The second-order valence-electron chi connectivity index (χ2n) is 6.85. The molecule has 2 fully saturated rings. The minimum absolute atomic E-state index is 0.261. The molecule has 0 aromatic carbocycles. The number of nitrogens with one attached hydrogen (secondary N) is 1. The van der Waals surface area contributed by atoms with Crippen LogP contribution in [0.1, 0.15) is 46.5 Å². The van der Waals surface area contributed by atoms with Crippen LogP contribution in [0.4, 0.5) is 0 Å². The Bertz CT molecular complexity index is 413. The van der Waals surface area contributed by atoms with Crippen molar-refractivity contribution in [3.63, 3.8) is 0 Å². The van der Waals surface area contributed by atoms with Crippen LogP contribution >= 0.6 is 0 Å². The van der Waals surface area contributed by atoms with Gasteiger partial charge in [0.2, 0.25) is 0 Å². The van der Waals surface area contributed by atoms with Crippen molar-refractivity contribution >= 4 is 10.2 Å². The molecule has 1 aliphatic heterocycles. The zero-order chi connectivity index (χ0) is 15.5. The van der Waals surface area contributed by atoms with Crippen LogP contribution < -0.4 is 5.32 Å². The van der Waals surface area contributed by atoms with Gasteiger partial charge in [0.15, 0.2) is 0 Å². The predicted molar refractivity (Wildman–Crippen MR) is 86.3 cm³/mol. The Morgan fingerprint density at radius 2 is 1.81 bits per heavy atom. The predicted octanol–water partition coefficient (Wildman–Crippen LogP) is 1.67. The lowest BCUT2D eigenvalue weighted by atomic mass is 9.98. The molecule has 1 saturated carbocycles. The van der Waals surface area contributed by atoms with Crippen LogP contribution in [0.3, 0.4) is 0 Å². The van der Waals surface area contributed by atoms with Crippen LogP contribution in [0, 0.1) is 11.8 Å². The average Bonchev–Trinajstić information content (AvgIpc) is 3.27. The monoisotopic (exact) mass is 317 g/mol. The number of nitrogens with zero attached hydrogens (tertiary/aromatic N) is 2. The molecule has 0 bridgehead atoms. The molecule has 1 heterocycles. The van der Waals surface area contributed by atoms with Crippen molar-refractivity contribution in [2.75, 3.05) is 32.7 Å². The van der Waals surface area contributed by atoms with Crippen molar-refractivity contribution in [2.45, 2.75) is 52.5 Å². The normalized spacial score (nSPS) is 22.3. The topological polar surface area (TPSA) is 52.7 Å². The highest BCUT2D eigenvalue weighted by molar-refractivity contribution is 7.86. The summed E-state index contributed by atoms with van der Waals surface area (Å²) >= 11 is 0. The third-order valence-corrected chi connectivity index (χ3v) is 6.44. The van der Waals surface area contributed by atoms with E-state index in [1.54, 1.807) is 8.61 Å². The van der Waals surface area contributed by atoms with Crippen LogP contribution in [0.15, 0.2) is 0 Å². The maximum absolute atomic E-state index is 12.9. The van der Waals surface area contributed by atoms with Gasteiger partial charge in [0, 0.05) is 25.7 Å². The van der Waals surface area contributed by atoms with Crippen molar-refractivity contribution in [3.8, 4) is 0 Å². The first-order chi connectivity index (χ1) is 9.95. The molecule has 2 aliphatic rings. The molecule has 0 unspecified atom stereocenters. The SMILES string of the molecule is CCNCC1CCN(S(=O)(=O)N(CC(C)C)C2CC2)CC1. The third-order valence-electron chi connectivity index (χ3n) is 4.38. The Morgan fingerprint density at radius 1 is 1.19 bits per heavy atom. The van der Waals surface area contributed by atoms with Crippen molar-refractivity contribution < 1.29 is 8.42 Å². The lowest BCUT2D eigenvalue weighted by Crippen LogP contribution is -2.49. The van der Waals surface area contributed by atoms with Gasteiger partial charge in [0.25, 0.3) is 10.2 Å². The van der Waals surface area contributed by atoms with Gasteiger partial charge in [-0.25, -0.2) is 0 Å². The first-order valence-corrected chi connectivity index (χ1v) is 9.82. The number of hydrogen-bond acceptors (Lipinski definition) is 3. The van der Waals surface area contributed by atoms with Gasteiger partial charge in [-0.15, -0.1) is 0 Å². The van der Waals surface area contributed by atoms with Gasteiger partial charge in [-0.2, -0.15) is 17.0 Å². The molecule has 1 saturated heterocycles. The summed E-state index contributed by atoms with van der Waals surface area (Å²) in [5, 5.41) is 3.37. The summed E-state index contributed by atoms with van der Waals surface area (Å²) < 4.78 is 29.2. The van der Waals surface area contributed by atoms with Crippen LogP contribution in [0.25, 0.3) is 0 Å². The number of piperidine rings is 1. The summed E-state index contributed by atoms with van der Waals surface area (Å²) in [4.78, 5) is 0. The van der Waals surface area contributed by atoms with Gasteiger partial charge in [-0.05, 0) is 50.6 Å². The summed E-state index contributed by atoms with van der Waals surface area (Å²) in [7, 11) is -3.25. The van der Waals surface area contributed by atoms with E-state index in [0.717, 1.165) is 38.8 Å². The Hall–Kier alpha value is -0.170. The first-order valence-electron chi connectivity index (χ1n) is 8.42. The molecule has 124 valence electrons. The number of rotatable bonds is 8. The largest absolute Gasteiger partial charge is 0.317 e. The summed E-state index contributed by atoms with van der Waals surface area (Å²) in [6.07, 6.45) is 4.02. The standard InChI is InChI=1S/C15H31N3O2S/c1-4-16-11-14-7-9-17(10-8-14)21(19,20)18(12-13(2)3)15-5-6-15/h13-16H,4-12H2,1-3H3. The molecule has 1 aliphatic carbocycles. The Balaban J connectivity index is 1.93. The van der Waals surface area contributed by atoms with Crippen LogP contribution in [-0.4, -0.2) is 55.8 Å². The maximum atomic E-state index is 12.9. The fraction of sp³-hybridized carbons (Fsp3) is 1.00. The summed E-state index contributed by atoms with van der Waals surface area (Å²) in [6, 6.07) is 0.261. The third kappa shape index (κ3) is 4.65. The smallest absolute Gasteiger partial charge is 0.282 e. The van der Waals surface area contributed by atoms with Gasteiger partial charge < -0.3 is 5.32 Å². The van der Waals surface area contributed by atoms with E-state index in [2.05, 4.69) is 26.1 Å². The fourth-order valence-electron chi connectivity index (χ4n) is 2.99. The van der Waals surface area contributed by atoms with Gasteiger partial charge in [0.1, 0.15) is 0 Å². The van der Waals surface area contributed by atoms with Crippen molar-refractivity contribution in [3.05, 3.63) is 0 Å². The van der Waals surface area contributed by atoms with E-state index in [-0.39, 0.29) is 6.04 Å².